The Hall–Kier alpha value is -0.910. The summed E-state index contributed by atoms with van der Waals surface area (Å²) in [5.41, 5.74) is 0.675. The number of aromatic nitrogens is 2. The summed E-state index contributed by atoms with van der Waals surface area (Å²) in [4.78, 5) is 9.45. The van der Waals surface area contributed by atoms with E-state index in [-0.39, 0.29) is 0 Å². The molecule has 1 atom stereocenters. The van der Waals surface area contributed by atoms with Gasteiger partial charge in [-0.2, -0.15) is 0 Å². The first-order valence-corrected chi connectivity index (χ1v) is 6.70. The van der Waals surface area contributed by atoms with Gasteiger partial charge in [-0.05, 0) is 47.1 Å². The zero-order chi connectivity index (χ0) is 12.3. The zero-order valence-corrected chi connectivity index (χ0v) is 11.6. The van der Waals surface area contributed by atoms with E-state index in [2.05, 4.69) is 25.9 Å². The van der Waals surface area contributed by atoms with Crippen molar-refractivity contribution in [3.05, 3.63) is 46.8 Å². The maximum Gasteiger partial charge on any atom is 0.115 e. The van der Waals surface area contributed by atoms with Crippen molar-refractivity contribution < 1.29 is 5.11 Å². The predicted molar refractivity (Wildman–Crippen MR) is 70.9 cm³/mol. The van der Waals surface area contributed by atoms with Crippen LogP contribution in [-0.2, 0) is 0 Å². The average Bonchev–Trinajstić information content (AvgIpc) is 2.33. The predicted octanol–water partition coefficient (Wildman–Crippen LogP) is 3.44. The molecule has 0 bridgehead atoms. The molecule has 3 nitrogen and oxygen atoms in total. The molecule has 17 heavy (non-hydrogen) atoms. The van der Waals surface area contributed by atoms with Crippen LogP contribution in [0.15, 0.2) is 51.1 Å². The second kappa shape index (κ2) is 5.62. The van der Waals surface area contributed by atoms with Crippen LogP contribution < -0.4 is 0 Å². The summed E-state index contributed by atoms with van der Waals surface area (Å²) in [5.74, 6) is 0. The lowest BCUT2D eigenvalue weighted by Crippen LogP contribution is -1.94. The third-order valence-corrected chi connectivity index (χ3v) is 4.02. The van der Waals surface area contributed by atoms with Crippen LogP contribution in [0.25, 0.3) is 0 Å². The van der Waals surface area contributed by atoms with E-state index in [1.807, 2.05) is 24.3 Å². The maximum absolute atomic E-state index is 9.36. The fourth-order valence-corrected chi connectivity index (χ4v) is 2.50. The number of aliphatic hydroxyl groups excluding tert-OH is 1. The molecule has 0 radical (unpaired) electrons. The maximum atomic E-state index is 9.36. The highest BCUT2D eigenvalue weighted by Gasteiger charge is 2.05. The summed E-state index contributed by atoms with van der Waals surface area (Å²) in [6.45, 7) is 1.70. The second-order valence-corrected chi connectivity index (χ2v) is 5.40. The summed E-state index contributed by atoms with van der Waals surface area (Å²) in [6, 6.07) is 7.58. The molecule has 2 heterocycles. The molecular formula is C12H11BrN2OS. The fraction of sp³-hybridized carbons (Fsp3) is 0.167. The minimum Gasteiger partial charge on any atom is -0.387 e. The van der Waals surface area contributed by atoms with E-state index in [1.54, 1.807) is 19.3 Å². The molecule has 88 valence electrons. The average molecular weight is 311 g/mol. The van der Waals surface area contributed by atoms with Crippen LogP contribution in [0.5, 0.6) is 0 Å². The fourth-order valence-electron chi connectivity index (χ4n) is 1.26. The van der Waals surface area contributed by atoms with Crippen molar-refractivity contribution in [2.24, 2.45) is 0 Å². The Bertz CT molecular complexity index is 502. The lowest BCUT2D eigenvalue weighted by Gasteiger charge is -2.05. The molecular weight excluding hydrogens is 300 g/mol. The number of hydrogen-bond donors (Lipinski definition) is 1. The van der Waals surface area contributed by atoms with Crippen LogP contribution in [-0.4, -0.2) is 15.1 Å². The SMILES string of the molecule is CC(O)c1ccc(Sc2ncccc2Br)cn1. The quantitative estimate of drug-likeness (QED) is 0.943. The Morgan fingerprint density at radius 3 is 2.71 bits per heavy atom. The van der Waals surface area contributed by atoms with Gasteiger partial charge >= 0.3 is 0 Å². The van der Waals surface area contributed by atoms with Crippen molar-refractivity contribution in [3.8, 4) is 0 Å². The van der Waals surface area contributed by atoms with Crippen molar-refractivity contribution in [1.29, 1.82) is 0 Å². The van der Waals surface area contributed by atoms with Gasteiger partial charge in [0.1, 0.15) is 5.03 Å². The van der Waals surface area contributed by atoms with Crippen molar-refractivity contribution in [2.45, 2.75) is 22.9 Å². The lowest BCUT2D eigenvalue weighted by atomic mass is 10.2. The van der Waals surface area contributed by atoms with Crippen LogP contribution >= 0.6 is 27.7 Å². The van der Waals surface area contributed by atoms with Gasteiger partial charge in [-0.3, -0.25) is 4.98 Å². The van der Waals surface area contributed by atoms with Crippen LogP contribution in [0.3, 0.4) is 0 Å². The van der Waals surface area contributed by atoms with Crippen molar-refractivity contribution in [2.75, 3.05) is 0 Å². The van der Waals surface area contributed by atoms with Gasteiger partial charge in [0.2, 0.25) is 0 Å². The number of rotatable bonds is 3. The Labute approximate surface area is 112 Å². The van der Waals surface area contributed by atoms with E-state index < -0.39 is 6.10 Å². The standard InChI is InChI=1S/C12H11BrN2OS/c1-8(16)11-5-4-9(7-15-11)17-12-10(13)3-2-6-14-12/h2-8,16H,1H3. The van der Waals surface area contributed by atoms with Crippen molar-refractivity contribution in [3.63, 3.8) is 0 Å². The Balaban J connectivity index is 2.17. The van der Waals surface area contributed by atoms with E-state index in [4.69, 9.17) is 0 Å². The van der Waals surface area contributed by atoms with Gasteiger partial charge < -0.3 is 5.11 Å². The van der Waals surface area contributed by atoms with Gasteiger partial charge in [-0.15, -0.1) is 0 Å². The molecule has 1 unspecified atom stereocenters. The molecule has 0 aromatic carbocycles. The van der Waals surface area contributed by atoms with Gasteiger partial charge in [0.25, 0.3) is 0 Å². The summed E-state index contributed by atoms with van der Waals surface area (Å²) < 4.78 is 0.963. The van der Waals surface area contributed by atoms with E-state index >= 15 is 0 Å². The minimum atomic E-state index is -0.532. The Morgan fingerprint density at radius 1 is 1.29 bits per heavy atom. The third kappa shape index (κ3) is 3.28. The lowest BCUT2D eigenvalue weighted by molar-refractivity contribution is 0.194. The number of nitrogens with zero attached hydrogens (tertiary/aromatic N) is 2. The van der Waals surface area contributed by atoms with E-state index in [9.17, 15) is 5.11 Å². The van der Waals surface area contributed by atoms with Crippen LogP contribution in [0.4, 0.5) is 0 Å². The molecule has 0 aliphatic carbocycles. The first kappa shape index (κ1) is 12.5. The van der Waals surface area contributed by atoms with Gasteiger partial charge in [0.15, 0.2) is 0 Å². The Morgan fingerprint density at radius 2 is 2.12 bits per heavy atom. The Kier molecular flexibility index (Phi) is 4.15. The molecule has 2 aromatic heterocycles. The monoisotopic (exact) mass is 310 g/mol. The molecule has 0 spiro atoms. The molecule has 0 aliphatic heterocycles. The van der Waals surface area contributed by atoms with Gasteiger partial charge in [-0.25, -0.2) is 4.98 Å². The molecule has 0 saturated carbocycles. The van der Waals surface area contributed by atoms with E-state index in [1.165, 1.54) is 11.8 Å². The summed E-state index contributed by atoms with van der Waals surface area (Å²) in [6.07, 6.45) is 2.97. The zero-order valence-electron chi connectivity index (χ0n) is 9.17. The van der Waals surface area contributed by atoms with Gasteiger partial charge in [0, 0.05) is 17.3 Å². The van der Waals surface area contributed by atoms with Crippen molar-refractivity contribution >= 4 is 27.7 Å². The molecule has 2 rings (SSSR count). The molecule has 0 aliphatic rings. The summed E-state index contributed by atoms with van der Waals surface area (Å²) >= 11 is 4.98. The highest BCUT2D eigenvalue weighted by molar-refractivity contribution is 9.10. The van der Waals surface area contributed by atoms with Gasteiger partial charge in [0.05, 0.1) is 16.3 Å². The third-order valence-electron chi connectivity index (χ3n) is 2.13. The van der Waals surface area contributed by atoms with Gasteiger partial charge in [-0.1, -0.05) is 11.8 Å². The first-order valence-electron chi connectivity index (χ1n) is 5.09. The minimum absolute atomic E-state index is 0.532. The number of aliphatic hydroxyl groups is 1. The smallest absolute Gasteiger partial charge is 0.115 e. The summed E-state index contributed by atoms with van der Waals surface area (Å²) in [7, 11) is 0. The van der Waals surface area contributed by atoms with Crippen LogP contribution in [0.1, 0.15) is 18.7 Å². The van der Waals surface area contributed by atoms with Crippen LogP contribution in [0.2, 0.25) is 0 Å². The number of halogens is 1. The normalized spacial score (nSPS) is 12.4. The van der Waals surface area contributed by atoms with E-state index in [0.717, 1.165) is 14.4 Å². The highest BCUT2D eigenvalue weighted by Crippen LogP contribution is 2.31. The molecule has 0 fully saturated rings. The largest absolute Gasteiger partial charge is 0.387 e. The molecule has 5 heteroatoms. The number of pyridine rings is 2. The second-order valence-electron chi connectivity index (χ2n) is 3.49. The molecule has 1 N–H and O–H groups in total. The molecule has 0 saturated heterocycles. The van der Waals surface area contributed by atoms with E-state index in [0.29, 0.717) is 5.69 Å². The summed E-state index contributed by atoms with van der Waals surface area (Å²) in [5, 5.41) is 10.3. The molecule has 2 aromatic rings. The van der Waals surface area contributed by atoms with Crippen molar-refractivity contribution in [1.82, 2.24) is 9.97 Å². The van der Waals surface area contributed by atoms with Crippen LogP contribution in [0, 0.1) is 0 Å². The highest BCUT2D eigenvalue weighted by atomic mass is 79.9. The topological polar surface area (TPSA) is 46.0 Å². The first-order chi connectivity index (χ1) is 8.16. The molecule has 0 amide bonds. The number of hydrogen-bond acceptors (Lipinski definition) is 4.